The topological polar surface area (TPSA) is 83.6 Å². The molecule has 30 heavy (non-hydrogen) atoms. The third-order valence-corrected chi connectivity index (χ3v) is 8.51. The van der Waals surface area contributed by atoms with Crippen molar-refractivity contribution in [2.45, 2.75) is 44.7 Å². The Morgan fingerprint density at radius 1 is 1.10 bits per heavy atom. The molecule has 0 aromatic heterocycles. The van der Waals surface area contributed by atoms with Gasteiger partial charge in [0.1, 0.15) is 0 Å². The first-order valence-electron chi connectivity index (χ1n) is 10.6. The second-order valence-electron chi connectivity index (χ2n) is 7.98. The van der Waals surface area contributed by atoms with Gasteiger partial charge in [0.05, 0.1) is 6.04 Å². The van der Waals surface area contributed by atoms with E-state index in [1.807, 2.05) is 17.0 Å². The van der Waals surface area contributed by atoms with E-state index in [2.05, 4.69) is 55.5 Å². The molecule has 6 heteroatoms. The maximum atomic E-state index is 13.1. The van der Waals surface area contributed by atoms with Gasteiger partial charge in [-0.3, -0.25) is 9.59 Å². The molecule has 2 aromatic rings. The molecule has 1 aliphatic rings. The summed E-state index contributed by atoms with van der Waals surface area (Å²) in [5.74, 6) is -0.554. The van der Waals surface area contributed by atoms with Crippen molar-refractivity contribution in [3.8, 4) is 0 Å². The molecule has 1 saturated heterocycles. The van der Waals surface area contributed by atoms with Crippen molar-refractivity contribution in [3.05, 3.63) is 60.7 Å². The molecule has 0 aliphatic carbocycles. The van der Waals surface area contributed by atoms with Crippen LogP contribution in [-0.4, -0.2) is 46.7 Å². The van der Waals surface area contributed by atoms with Crippen LogP contribution in [0.15, 0.2) is 60.7 Å². The summed E-state index contributed by atoms with van der Waals surface area (Å²) >= 11 is 0. The second kappa shape index (κ2) is 10.7. The zero-order valence-electron chi connectivity index (χ0n) is 17.5. The van der Waals surface area contributed by atoms with E-state index in [4.69, 9.17) is 10.8 Å². The molecular formula is C24H31N2O3P. The number of hydrogen-bond donors (Lipinski definition) is 2. The number of carbonyl (C=O) groups excluding carboxylic acids is 1. The lowest BCUT2D eigenvalue weighted by Gasteiger charge is -2.31. The SMILES string of the molecule is CC[C@H]1C[C@@H](CP(c2ccccc2)c2ccccc2)N(C(=O)[C@@H](N)CCC(=O)O)C1. The Kier molecular flexibility index (Phi) is 8.01. The Morgan fingerprint density at radius 2 is 1.67 bits per heavy atom. The van der Waals surface area contributed by atoms with Crippen molar-refractivity contribution in [1.29, 1.82) is 0 Å². The fraction of sp³-hybridized carbons (Fsp3) is 0.417. The van der Waals surface area contributed by atoms with Crippen LogP contribution in [0.3, 0.4) is 0 Å². The normalized spacial score (nSPS) is 19.8. The average molecular weight is 426 g/mol. The van der Waals surface area contributed by atoms with Crippen LogP contribution in [0.1, 0.15) is 32.6 Å². The number of carboxylic acid groups (broad SMARTS) is 1. The molecule has 0 unspecified atom stereocenters. The fourth-order valence-electron chi connectivity index (χ4n) is 4.15. The Morgan fingerprint density at radius 3 is 2.17 bits per heavy atom. The molecule has 0 radical (unpaired) electrons. The largest absolute Gasteiger partial charge is 0.481 e. The van der Waals surface area contributed by atoms with Crippen molar-refractivity contribution in [1.82, 2.24) is 4.90 Å². The zero-order valence-corrected chi connectivity index (χ0v) is 18.4. The molecule has 3 N–H and O–H groups in total. The Hall–Kier alpha value is -2.23. The smallest absolute Gasteiger partial charge is 0.303 e. The van der Waals surface area contributed by atoms with E-state index >= 15 is 0 Å². The molecule has 1 amide bonds. The van der Waals surface area contributed by atoms with Gasteiger partial charge in [0, 0.05) is 19.0 Å². The quantitative estimate of drug-likeness (QED) is 0.604. The van der Waals surface area contributed by atoms with Crippen molar-refractivity contribution in [3.63, 3.8) is 0 Å². The van der Waals surface area contributed by atoms with Gasteiger partial charge in [-0.05, 0) is 43.5 Å². The standard InChI is InChI=1S/C24H31N2O3P/c1-2-18-15-19(26(16-18)24(29)22(25)13-14-23(27)28)17-30(20-9-5-3-6-10-20)21-11-7-4-8-12-21/h3-12,18-19,22H,2,13-17,25H2,1H3,(H,27,28)/t18-,19-,22-/m0/s1. The van der Waals surface area contributed by atoms with Crippen LogP contribution in [0.2, 0.25) is 0 Å². The van der Waals surface area contributed by atoms with Crippen LogP contribution in [0.5, 0.6) is 0 Å². The average Bonchev–Trinajstić information content (AvgIpc) is 3.19. The minimum absolute atomic E-state index is 0.0800. The van der Waals surface area contributed by atoms with E-state index in [0.29, 0.717) is 12.5 Å². The highest BCUT2D eigenvalue weighted by molar-refractivity contribution is 7.73. The monoisotopic (exact) mass is 426 g/mol. The van der Waals surface area contributed by atoms with Crippen LogP contribution < -0.4 is 16.3 Å². The van der Waals surface area contributed by atoms with Crippen molar-refractivity contribution >= 4 is 30.4 Å². The number of amides is 1. The molecule has 0 spiro atoms. The highest BCUT2D eigenvalue weighted by atomic mass is 31.1. The van der Waals surface area contributed by atoms with Crippen LogP contribution in [0.4, 0.5) is 0 Å². The van der Waals surface area contributed by atoms with Crippen LogP contribution in [0.25, 0.3) is 0 Å². The van der Waals surface area contributed by atoms with E-state index < -0.39 is 19.9 Å². The van der Waals surface area contributed by atoms with E-state index in [-0.39, 0.29) is 24.8 Å². The molecular weight excluding hydrogens is 395 g/mol. The summed E-state index contributed by atoms with van der Waals surface area (Å²) in [6.45, 7) is 2.88. The highest BCUT2D eigenvalue weighted by Gasteiger charge is 2.37. The molecule has 0 bridgehead atoms. The zero-order chi connectivity index (χ0) is 21.5. The van der Waals surface area contributed by atoms with Gasteiger partial charge in [-0.2, -0.15) is 0 Å². The first-order chi connectivity index (χ1) is 14.5. The Labute approximate surface area is 180 Å². The van der Waals surface area contributed by atoms with Gasteiger partial charge in [-0.25, -0.2) is 0 Å². The summed E-state index contributed by atoms with van der Waals surface area (Å²) in [4.78, 5) is 25.9. The van der Waals surface area contributed by atoms with Gasteiger partial charge in [0.25, 0.3) is 0 Å². The molecule has 1 fully saturated rings. The van der Waals surface area contributed by atoms with E-state index in [0.717, 1.165) is 19.0 Å². The number of nitrogens with two attached hydrogens (primary N) is 1. The Bertz CT molecular complexity index is 791. The lowest BCUT2D eigenvalue weighted by Crippen LogP contribution is -2.47. The van der Waals surface area contributed by atoms with E-state index in [1.165, 1.54) is 10.6 Å². The summed E-state index contributed by atoms with van der Waals surface area (Å²) in [5.41, 5.74) is 6.10. The molecule has 1 aliphatic heterocycles. The molecule has 5 nitrogen and oxygen atoms in total. The van der Waals surface area contributed by atoms with Crippen molar-refractivity contribution < 1.29 is 14.7 Å². The number of rotatable bonds is 9. The summed E-state index contributed by atoms with van der Waals surface area (Å²) in [7, 11) is -0.604. The predicted octanol–water partition coefficient (Wildman–Crippen LogP) is 2.94. The first-order valence-corrected chi connectivity index (χ1v) is 12.2. The fourth-order valence-corrected chi connectivity index (χ4v) is 6.71. The molecule has 0 saturated carbocycles. The predicted molar refractivity (Wildman–Crippen MR) is 123 cm³/mol. The minimum Gasteiger partial charge on any atom is -0.481 e. The van der Waals surface area contributed by atoms with E-state index in [9.17, 15) is 9.59 Å². The lowest BCUT2D eigenvalue weighted by molar-refractivity contribution is -0.137. The number of carboxylic acids is 1. The summed E-state index contributed by atoms with van der Waals surface area (Å²) < 4.78 is 0. The second-order valence-corrected chi connectivity index (χ2v) is 10.2. The van der Waals surface area contributed by atoms with Gasteiger partial charge in [0.15, 0.2) is 0 Å². The summed E-state index contributed by atoms with van der Waals surface area (Å²) in [6.07, 6.45) is 3.01. The maximum Gasteiger partial charge on any atom is 0.303 e. The third-order valence-electron chi connectivity index (χ3n) is 5.88. The lowest BCUT2D eigenvalue weighted by atomic mass is 10.0. The van der Waals surface area contributed by atoms with E-state index in [1.54, 1.807) is 0 Å². The highest BCUT2D eigenvalue weighted by Crippen LogP contribution is 2.39. The number of nitrogens with zero attached hydrogens (tertiary/aromatic N) is 1. The third kappa shape index (κ3) is 5.68. The van der Waals surface area contributed by atoms with Crippen LogP contribution >= 0.6 is 7.92 Å². The van der Waals surface area contributed by atoms with Gasteiger partial charge in [-0.1, -0.05) is 74.0 Å². The summed E-state index contributed by atoms with van der Waals surface area (Å²) in [6, 6.07) is 20.4. The van der Waals surface area contributed by atoms with Crippen molar-refractivity contribution in [2.75, 3.05) is 12.7 Å². The molecule has 1 heterocycles. The van der Waals surface area contributed by atoms with Gasteiger partial charge in [0.2, 0.25) is 5.91 Å². The van der Waals surface area contributed by atoms with Crippen molar-refractivity contribution in [2.24, 2.45) is 11.7 Å². The molecule has 160 valence electrons. The first kappa shape index (κ1) is 22.5. The van der Waals surface area contributed by atoms with Gasteiger partial charge in [-0.15, -0.1) is 0 Å². The summed E-state index contributed by atoms with van der Waals surface area (Å²) in [5, 5.41) is 11.5. The number of hydrogen-bond acceptors (Lipinski definition) is 3. The van der Waals surface area contributed by atoms with Crippen LogP contribution in [-0.2, 0) is 9.59 Å². The molecule has 2 aromatic carbocycles. The maximum absolute atomic E-state index is 13.1. The minimum atomic E-state index is -0.917. The number of benzene rings is 2. The number of likely N-dealkylation sites (tertiary alicyclic amines) is 1. The number of carbonyl (C=O) groups is 2. The molecule has 3 atom stereocenters. The van der Waals surface area contributed by atoms with Crippen LogP contribution in [0, 0.1) is 5.92 Å². The Balaban J connectivity index is 1.82. The van der Waals surface area contributed by atoms with Gasteiger partial charge < -0.3 is 15.7 Å². The van der Waals surface area contributed by atoms with Gasteiger partial charge >= 0.3 is 5.97 Å². The number of aliphatic carboxylic acids is 1. The molecule has 3 rings (SSSR count).